The third-order valence-electron chi connectivity index (χ3n) is 3.24. The van der Waals surface area contributed by atoms with Gasteiger partial charge in [0.05, 0.1) is 11.3 Å². The summed E-state index contributed by atoms with van der Waals surface area (Å²) < 4.78 is 0. The highest BCUT2D eigenvalue weighted by atomic mass is 16.2. The lowest BCUT2D eigenvalue weighted by atomic mass is 10.1. The second-order valence-corrected chi connectivity index (χ2v) is 5.04. The second kappa shape index (κ2) is 8.97. The van der Waals surface area contributed by atoms with Crippen LogP contribution < -0.4 is 16.0 Å². The van der Waals surface area contributed by atoms with Crippen LogP contribution in [0.1, 0.15) is 15.9 Å². The standard InChI is InChI=1S/C18H18N4O3/c1-2-9-20-16(23)14-5-3-4-6-15(14)22-18(25)17(24)21-12-13-7-10-19-11-8-13/h2-8,10-11H,1,9,12H2,(H,20,23)(H,21,24)(H,22,25). The van der Waals surface area contributed by atoms with Crippen molar-refractivity contribution in [2.75, 3.05) is 11.9 Å². The van der Waals surface area contributed by atoms with Gasteiger partial charge >= 0.3 is 11.8 Å². The van der Waals surface area contributed by atoms with Crippen molar-refractivity contribution in [3.05, 3.63) is 72.6 Å². The van der Waals surface area contributed by atoms with Crippen LogP contribution in [0.2, 0.25) is 0 Å². The van der Waals surface area contributed by atoms with Gasteiger partial charge in [0.25, 0.3) is 5.91 Å². The van der Waals surface area contributed by atoms with Gasteiger partial charge in [0, 0.05) is 25.5 Å². The normalized spacial score (nSPS) is 9.76. The Morgan fingerprint density at radius 1 is 1.00 bits per heavy atom. The van der Waals surface area contributed by atoms with E-state index in [2.05, 4.69) is 27.5 Å². The number of anilines is 1. The molecule has 3 amide bonds. The summed E-state index contributed by atoms with van der Waals surface area (Å²) >= 11 is 0. The number of nitrogens with one attached hydrogen (secondary N) is 3. The molecule has 2 aromatic rings. The Hall–Kier alpha value is -3.48. The first kappa shape index (κ1) is 17.9. The number of amides is 3. The third-order valence-corrected chi connectivity index (χ3v) is 3.24. The fourth-order valence-electron chi connectivity index (χ4n) is 1.99. The highest BCUT2D eigenvalue weighted by Crippen LogP contribution is 2.14. The van der Waals surface area contributed by atoms with E-state index in [1.807, 2.05) is 0 Å². The van der Waals surface area contributed by atoms with E-state index in [1.165, 1.54) is 0 Å². The molecule has 2 rings (SSSR count). The van der Waals surface area contributed by atoms with Crippen LogP contribution in [-0.4, -0.2) is 29.3 Å². The molecule has 1 heterocycles. The number of hydrogen-bond acceptors (Lipinski definition) is 4. The molecule has 0 aliphatic rings. The van der Waals surface area contributed by atoms with Crippen molar-refractivity contribution >= 4 is 23.4 Å². The van der Waals surface area contributed by atoms with E-state index in [9.17, 15) is 14.4 Å². The number of pyridine rings is 1. The lowest BCUT2D eigenvalue weighted by Crippen LogP contribution is -2.35. The highest BCUT2D eigenvalue weighted by molar-refractivity contribution is 6.40. The number of hydrogen-bond donors (Lipinski definition) is 3. The van der Waals surface area contributed by atoms with Crippen molar-refractivity contribution in [3.63, 3.8) is 0 Å². The van der Waals surface area contributed by atoms with Crippen LogP contribution in [0.15, 0.2) is 61.4 Å². The Bertz CT molecular complexity index is 775. The summed E-state index contributed by atoms with van der Waals surface area (Å²) in [5.41, 5.74) is 1.34. The van der Waals surface area contributed by atoms with E-state index in [1.54, 1.807) is 54.9 Å². The molecule has 0 atom stereocenters. The molecule has 128 valence electrons. The quantitative estimate of drug-likeness (QED) is 0.545. The zero-order valence-corrected chi connectivity index (χ0v) is 13.5. The lowest BCUT2D eigenvalue weighted by Gasteiger charge is -2.11. The highest BCUT2D eigenvalue weighted by Gasteiger charge is 2.17. The molecule has 7 nitrogen and oxygen atoms in total. The van der Waals surface area contributed by atoms with Crippen LogP contribution >= 0.6 is 0 Å². The number of aromatic nitrogens is 1. The Balaban J connectivity index is 1.98. The Morgan fingerprint density at radius 2 is 1.72 bits per heavy atom. The molecule has 0 saturated carbocycles. The van der Waals surface area contributed by atoms with Crippen molar-refractivity contribution in [1.82, 2.24) is 15.6 Å². The van der Waals surface area contributed by atoms with Crippen molar-refractivity contribution in [2.24, 2.45) is 0 Å². The first-order chi connectivity index (χ1) is 12.1. The molecule has 1 aromatic carbocycles. The molecule has 0 spiro atoms. The van der Waals surface area contributed by atoms with Gasteiger partial charge in [-0.1, -0.05) is 18.2 Å². The minimum atomic E-state index is -0.849. The maximum absolute atomic E-state index is 12.1. The molecule has 25 heavy (non-hydrogen) atoms. The molecule has 7 heteroatoms. The van der Waals surface area contributed by atoms with E-state index in [-0.39, 0.29) is 23.7 Å². The van der Waals surface area contributed by atoms with E-state index in [4.69, 9.17) is 0 Å². The Kier molecular flexibility index (Phi) is 6.41. The van der Waals surface area contributed by atoms with Crippen molar-refractivity contribution < 1.29 is 14.4 Å². The first-order valence-electron chi connectivity index (χ1n) is 7.58. The molecule has 0 aliphatic heterocycles. The van der Waals surface area contributed by atoms with Gasteiger partial charge in [-0.2, -0.15) is 0 Å². The number of benzene rings is 1. The van der Waals surface area contributed by atoms with Crippen LogP contribution in [0, 0.1) is 0 Å². The fraction of sp³-hybridized carbons (Fsp3) is 0.111. The molecular formula is C18H18N4O3. The minimum Gasteiger partial charge on any atom is -0.349 e. The average Bonchev–Trinajstić information content (AvgIpc) is 2.65. The first-order valence-corrected chi connectivity index (χ1v) is 7.58. The summed E-state index contributed by atoms with van der Waals surface area (Å²) in [6.07, 6.45) is 4.74. The number of carbonyl (C=O) groups excluding carboxylic acids is 3. The zero-order chi connectivity index (χ0) is 18.1. The van der Waals surface area contributed by atoms with Crippen LogP contribution in [0.4, 0.5) is 5.69 Å². The van der Waals surface area contributed by atoms with Crippen LogP contribution in [-0.2, 0) is 16.1 Å². The number of para-hydroxylation sites is 1. The van der Waals surface area contributed by atoms with E-state index in [0.717, 1.165) is 5.56 Å². The average molecular weight is 338 g/mol. The maximum atomic E-state index is 12.1. The van der Waals surface area contributed by atoms with Gasteiger partial charge in [-0.25, -0.2) is 0 Å². The summed E-state index contributed by atoms with van der Waals surface area (Å²) in [7, 11) is 0. The molecular weight excluding hydrogens is 320 g/mol. The fourth-order valence-corrected chi connectivity index (χ4v) is 1.99. The van der Waals surface area contributed by atoms with Gasteiger partial charge in [0.2, 0.25) is 0 Å². The van der Waals surface area contributed by atoms with E-state index < -0.39 is 11.8 Å². The molecule has 0 unspecified atom stereocenters. The number of rotatable bonds is 6. The van der Waals surface area contributed by atoms with Gasteiger partial charge in [-0.15, -0.1) is 6.58 Å². The maximum Gasteiger partial charge on any atom is 0.313 e. The molecule has 1 aromatic heterocycles. The van der Waals surface area contributed by atoms with Gasteiger partial charge < -0.3 is 16.0 Å². The lowest BCUT2D eigenvalue weighted by molar-refractivity contribution is -0.136. The third kappa shape index (κ3) is 5.28. The summed E-state index contributed by atoms with van der Waals surface area (Å²) in [6.45, 7) is 4.03. The predicted octanol–water partition coefficient (Wildman–Crippen LogP) is 1.25. The summed E-state index contributed by atoms with van der Waals surface area (Å²) in [6, 6.07) is 9.91. The summed E-state index contributed by atoms with van der Waals surface area (Å²) in [5.74, 6) is -2.01. The van der Waals surface area contributed by atoms with Gasteiger partial charge in [-0.05, 0) is 29.8 Å². The molecule has 0 fully saturated rings. The number of carbonyl (C=O) groups is 3. The predicted molar refractivity (Wildman–Crippen MR) is 93.7 cm³/mol. The number of nitrogens with zero attached hydrogens (tertiary/aromatic N) is 1. The minimum absolute atomic E-state index is 0.205. The van der Waals surface area contributed by atoms with Gasteiger partial charge in [0.1, 0.15) is 0 Å². The zero-order valence-electron chi connectivity index (χ0n) is 13.5. The van der Waals surface area contributed by atoms with Crippen LogP contribution in [0.5, 0.6) is 0 Å². The largest absolute Gasteiger partial charge is 0.349 e. The summed E-state index contributed by atoms with van der Waals surface area (Å²) in [5, 5.41) is 7.59. The molecule has 3 N–H and O–H groups in total. The van der Waals surface area contributed by atoms with E-state index >= 15 is 0 Å². The summed E-state index contributed by atoms with van der Waals surface area (Å²) in [4.78, 5) is 39.9. The van der Waals surface area contributed by atoms with Crippen molar-refractivity contribution in [3.8, 4) is 0 Å². The molecule has 0 bridgehead atoms. The van der Waals surface area contributed by atoms with Crippen LogP contribution in [0.25, 0.3) is 0 Å². The monoisotopic (exact) mass is 338 g/mol. The Labute approximate surface area is 145 Å². The SMILES string of the molecule is C=CCNC(=O)c1ccccc1NC(=O)C(=O)NCc1ccncc1. The van der Waals surface area contributed by atoms with Gasteiger partial charge in [0.15, 0.2) is 0 Å². The Morgan fingerprint density at radius 3 is 2.44 bits per heavy atom. The smallest absolute Gasteiger partial charge is 0.313 e. The topological polar surface area (TPSA) is 100 Å². The van der Waals surface area contributed by atoms with Gasteiger partial charge in [-0.3, -0.25) is 19.4 Å². The van der Waals surface area contributed by atoms with E-state index in [0.29, 0.717) is 6.54 Å². The second-order valence-electron chi connectivity index (χ2n) is 5.04. The van der Waals surface area contributed by atoms with Crippen molar-refractivity contribution in [2.45, 2.75) is 6.54 Å². The van der Waals surface area contributed by atoms with Crippen molar-refractivity contribution in [1.29, 1.82) is 0 Å². The molecule has 0 saturated heterocycles. The molecule has 0 radical (unpaired) electrons. The van der Waals surface area contributed by atoms with Crippen LogP contribution in [0.3, 0.4) is 0 Å². The molecule has 0 aliphatic carbocycles.